The molecule has 0 aliphatic heterocycles. The molecule has 11 heteroatoms. The first-order chi connectivity index (χ1) is 13.7. The molecular weight excluding hydrogens is 416 g/mol. The van der Waals surface area contributed by atoms with Crippen LogP contribution < -0.4 is 10.6 Å². The molecule has 3 aromatic rings. The van der Waals surface area contributed by atoms with E-state index in [1.54, 1.807) is 43.8 Å². The molecule has 0 saturated heterocycles. The van der Waals surface area contributed by atoms with Gasteiger partial charge in [0.25, 0.3) is 5.91 Å². The monoisotopic (exact) mass is 434 g/mol. The number of carbonyl (C=O) groups excluding carboxylic acids is 2. The Hall–Kier alpha value is -2.98. The van der Waals surface area contributed by atoms with E-state index < -0.39 is 17.6 Å². The van der Waals surface area contributed by atoms with Gasteiger partial charge in [-0.15, -0.1) is 5.10 Å². The fraction of sp³-hybridized carbons (Fsp3) is 0.278. The summed E-state index contributed by atoms with van der Waals surface area (Å²) in [6, 6.07) is 7.41. The quantitative estimate of drug-likeness (QED) is 0.627. The Morgan fingerprint density at radius 1 is 1.21 bits per heavy atom. The lowest BCUT2D eigenvalue weighted by molar-refractivity contribution is 0.0636. The molecule has 0 radical (unpaired) electrons. The van der Waals surface area contributed by atoms with Crippen molar-refractivity contribution in [3.63, 3.8) is 0 Å². The van der Waals surface area contributed by atoms with Gasteiger partial charge in [0, 0.05) is 22.8 Å². The fourth-order valence-electron chi connectivity index (χ4n) is 2.30. The molecule has 152 valence electrons. The number of ether oxygens (including phenoxy) is 1. The first kappa shape index (κ1) is 20.7. The molecule has 2 aromatic heterocycles. The maximum absolute atomic E-state index is 12.5. The van der Waals surface area contributed by atoms with Gasteiger partial charge in [-0.3, -0.25) is 14.8 Å². The van der Waals surface area contributed by atoms with E-state index in [0.29, 0.717) is 17.3 Å². The fourth-order valence-corrected chi connectivity index (χ4v) is 2.98. The van der Waals surface area contributed by atoms with Crippen molar-refractivity contribution < 1.29 is 14.3 Å². The lowest BCUT2D eigenvalue weighted by Gasteiger charge is -2.19. The van der Waals surface area contributed by atoms with Gasteiger partial charge in [-0.1, -0.05) is 28.2 Å². The summed E-state index contributed by atoms with van der Waals surface area (Å²) in [5.74, 6) is -0.518. The molecule has 29 heavy (non-hydrogen) atoms. The third kappa shape index (κ3) is 6.00. The first-order valence-corrected chi connectivity index (χ1v) is 9.75. The van der Waals surface area contributed by atoms with Crippen LogP contribution in [0.2, 0.25) is 5.02 Å². The Morgan fingerprint density at radius 3 is 2.62 bits per heavy atom. The van der Waals surface area contributed by atoms with Gasteiger partial charge in [0.2, 0.25) is 0 Å². The van der Waals surface area contributed by atoms with Crippen LogP contribution in [-0.4, -0.2) is 37.0 Å². The summed E-state index contributed by atoms with van der Waals surface area (Å²) in [6.45, 7) is 5.75. The minimum atomic E-state index is -0.687. The largest absolute Gasteiger partial charge is 0.444 e. The number of benzene rings is 1. The highest BCUT2D eigenvalue weighted by molar-refractivity contribution is 7.10. The van der Waals surface area contributed by atoms with E-state index >= 15 is 0 Å². The Labute approximate surface area is 176 Å². The third-order valence-corrected chi connectivity index (χ3v) is 4.36. The van der Waals surface area contributed by atoms with Gasteiger partial charge in [-0.2, -0.15) is 5.10 Å². The van der Waals surface area contributed by atoms with Gasteiger partial charge in [0.05, 0.1) is 18.4 Å². The predicted molar refractivity (Wildman–Crippen MR) is 110 cm³/mol. The highest BCUT2D eigenvalue weighted by Gasteiger charge is 2.22. The van der Waals surface area contributed by atoms with Crippen molar-refractivity contribution in [2.24, 2.45) is 0 Å². The molecule has 0 unspecified atom stereocenters. The van der Waals surface area contributed by atoms with Crippen molar-refractivity contribution in [1.29, 1.82) is 0 Å². The SMILES string of the molecule is CC(C)(C)OC(=O)Nc1snnc1C(=O)Nc1cnn(Cc2ccc(Cl)cc2)c1. The summed E-state index contributed by atoms with van der Waals surface area (Å²) < 4.78 is 10.6. The number of carbonyl (C=O) groups is 2. The summed E-state index contributed by atoms with van der Waals surface area (Å²) in [5, 5.41) is 14.1. The molecule has 0 atom stereocenters. The van der Waals surface area contributed by atoms with E-state index in [1.807, 2.05) is 12.1 Å². The van der Waals surface area contributed by atoms with Crippen molar-refractivity contribution in [1.82, 2.24) is 19.4 Å². The van der Waals surface area contributed by atoms with Crippen molar-refractivity contribution in [3.05, 3.63) is 52.9 Å². The Bertz CT molecular complexity index is 1010. The van der Waals surface area contributed by atoms with Gasteiger partial charge >= 0.3 is 6.09 Å². The number of amides is 2. The second-order valence-corrected chi connectivity index (χ2v) is 8.28. The van der Waals surface area contributed by atoms with Crippen molar-refractivity contribution in [3.8, 4) is 0 Å². The number of nitrogens with zero attached hydrogens (tertiary/aromatic N) is 4. The van der Waals surface area contributed by atoms with Crippen LogP contribution >= 0.6 is 23.1 Å². The molecule has 0 aliphatic rings. The van der Waals surface area contributed by atoms with Crippen LogP contribution in [0.3, 0.4) is 0 Å². The van der Waals surface area contributed by atoms with Crippen LogP contribution in [0.5, 0.6) is 0 Å². The summed E-state index contributed by atoms with van der Waals surface area (Å²) in [7, 11) is 0. The van der Waals surface area contributed by atoms with E-state index in [-0.39, 0.29) is 10.7 Å². The molecule has 2 N–H and O–H groups in total. The summed E-state index contributed by atoms with van der Waals surface area (Å²) >= 11 is 6.77. The van der Waals surface area contributed by atoms with E-state index in [2.05, 4.69) is 25.3 Å². The summed E-state index contributed by atoms with van der Waals surface area (Å²) in [6.07, 6.45) is 2.52. The van der Waals surface area contributed by atoms with Crippen LogP contribution in [0.1, 0.15) is 36.8 Å². The van der Waals surface area contributed by atoms with Gasteiger partial charge in [0.15, 0.2) is 10.7 Å². The van der Waals surface area contributed by atoms with Gasteiger partial charge in [0.1, 0.15) is 5.60 Å². The number of halogens is 1. The Morgan fingerprint density at radius 2 is 1.93 bits per heavy atom. The maximum Gasteiger partial charge on any atom is 0.412 e. The van der Waals surface area contributed by atoms with Crippen molar-refractivity contribution in [2.45, 2.75) is 32.9 Å². The number of nitrogens with one attached hydrogen (secondary N) is 2. The van der Waals surface area contributed by atoms with Crippen LogP contribution in [0.4, 0.5) is 15.5 Å². The summed E-state index contributed by atoms with van der Waals surface area (Å²) in [4.78, 5) is 24.4. The Kier molecular flexibility index (Phi) is 6.14. The highest BCUT2D eigenvalue weighted by atomic mass is 35.5. The third-order valence-electron chi connectivity index (χ3n) is 3.47. The Balaban J connectivity index is 1.63. The molecule has 0 saturated carbocycles. The zero-order chi connectivity index (χ0) is 21.0. The molecule has 9 nitrogen and oxygen atoms in total. The molecule has 0 bridgehead atoms. The molecule has 2 amide bonds. The molecule has 0 fully saturated rings. The van der Waals surface area contributed by atoms with E-state index in [9.17, 15) is 9.59 Å². The molecule has 2 heterocycles. The normalized spacial score (nSPS) is 11.2. The number of rotatable bonds is 5. The summed E-state index contributed by atoms with van der Waals surface area (Å²) in [5.41, 5.74) is 0.831. The van der Waals surface area contributed by atoms with E-state index in [0.717, 1.165) is 17.1 Å². The molecule has 1 aromatic carbocycles. The number of aromatic nitrogens is 4. The minimum absolute atomic E-state index is 0.00805. The maximum atomic E-state index is 12.5. The van der Waals surface area contributed by atoms with Gasteiger partial charge in [-0.25, -0.2) is 4.79 Å². The molecule has 0 spiro atoms. The van der Waals surface area contributed by atoms with Gasteiger partial charge in [-0.05, 0) is 38.5 Å². The highest BCUT2D eigenvalue weighted by Crippen LogP contribution is 2.21. The average molecular weight is 435 g/mol. The van der Waals surface area contributed by atoms with Crippen LogP contribution in [0.15, 0.2) is 36.7 Å². The van der Waals surface area contributed by atoms with Crippen LogP contribution in [0, 0.1) is 0 Å². The molecule has 3 rings (SSSR count). The molecule has 0 aliphatic carbocycles. The van der Waals surface area contributed by atoms with Crippen molar-refractivity contribution >= 4 is 45.8 Å². The second kappa shape index (κ2) is 8.58. The smallest absolute Gasteiger partial charge is 0.412 e. The lowest BCUT2D eigenvalue weighted by Crippen LogP contribution is -2.27. The first-order valence-electron chi connectivity index (χ1n) is 8.60. The average Bonchev–Trinajstić information content (AvgIpc) is 3.24. The topological polar surface area (TPSA) is 111 Å². The van der Waals surface area contributed by atoms with Gasteiger partial charge < -0.3 is 10.1 Å². The second-order valence-electron chi connectivity index (χ2n) is 7.08. The standard InChI is InChI=1S/C18H19ClN6O3S/c1-18(2,3)28-17(27)22-16-14(23-24-29-16)15(26)21-13-8-20-25(10-13)9-11-4-6-12(19)7-5-11/h4-8,10H,9H2,1-3H3,(H,21,26)(H,22,27). The predicted octanol–water partition coefficient (Wildman–Crippen LogP) is 4.04. The zero-order valence-electron chi connectivity index (χ0n) is 16.0. The number of anilines is 2. The van der Waals surface area contributed by atoms with E-state index in [1.165, 1.54) is 6.20 Å². The van der Waals surface area contributed by atoms with Crippen LogP contribution in [0.25, 0.3) is 0 Å². The number of hydrogen-bond acceptors (Lipinski definition) is 7. The van der Waals surface area contributed by atoms with Crippen molar-refractivity contribution in [2.75, 3.05) is 10.6 Å². The molecular formula is C18H19ClN6O3S. The van der Waals surface area contributed by atoms with Crippen LogP contribution in [-0.2, 0) is 11.3 Å². The minimum Gasteiger partial charge on any atom is -0.444 e. The van der Waals surface area contributed by atoms with E-state index in [4.69, 9.17) is 16.3 Å². The number of hydrogen-bond donors (Lipinski definition) is 2. The lowest BCUT2D eigenvalue weighted by atomic mass is 10.2. The zero-order valence-corrected chi connectivity index (χ0v) is 17.5.